The smallest absolute Gasteiger partial charge is 0.368 e. The summed E-state index contributed by atoms with van der Waals surface area (Å²) < 4.78 is 55.3. The Hall–Kier alpha value is -3.10. The highest BCUT2D eigenvalue weighted by atomic mass is 19.4. The number of hydrogen-bond donors (Lipinski definition) is 3. The summed E-state index contributed by atoms with van der Waals surface area (Å²) in [5.41, 5.74) is 2.81. The summed E-state index contributed by atoms with van der Waals surface area (Å²) in [5, 5.41) is 14.4. The number of halogens is 3. The molecule has 202 valence electrons. The number of amides is 4. The van der Waals surface area contributed by atoms with E-state index in [2.05, 4.69) is 11.4 Å². The first-order valence-electron chi connectivity index (χ1n) is 13.2. The Kier molecular flexibility index (Phi) is 5.92. The summed E-state index contributed by atoms with van der Waals surface area (Å²) in [6.07, 6.45) is -1.31. The van der Waals surface area contributed by atoms with Crippen molar-refractivity contribution in [2.45, 2.75) is 57.8 Å². The molecule has 37 heavy (non-hydrogen) atoms. The molecule has 4 aliphatic rings. The number of nitriles is 1. The number of nitrogens with one attached hydrogen (secondary N) is 2. The second kappa shape index (κ2) is 9.03. The Morgan fingerprint density at radius 2 is 1.97 bits per heavy atom. The van der Waals surface area contributed by atoms with Crippen LogP contribution in [0.5, 0.6) is 0 Å². The van der Waals surface area contributed by atoms with Crippen molar-refractivity contribution in [2.75, 3.05) is 13.0 Å². The highest BCUT2D eigenvalue weighted by molar-refractivity contribution is 5.96. The van der Waals surface area contributed by atoms with Gasteiger partial charge in [-0.3, -0.25) is 19.2 Å². The predicted molar refractivity (Wildman–Crippen MR) is 124 cm³/mol. The van der Waals surface area contributed by atoms with E-state index in [1.54, 1.807) is 5.32 Å². The first kappa shape index (κ1) is 24.2. The van der Waals surface area contributed by atoms with Crippen molar-refractivity contribution >= 4 is 23.6 Å². The number of allylic oxidation sites excluding steroid dienone is 2. The first-order valence-corrected chi connectivity index (χ1v) is 12.2. The van der Waals surface area contributed by atoms with Gasteiger partial charge >= 0.3 is 12.1 Å². The number of hydrogen-bond acceptors (Lipinski definition) is 5. The second-order valence-electron chi connectivity index (χ2n) is 11.5. The molecule has 3 fully saturated rings. The molecule has 1 saturated carbocycles. The summed E-state index contributed by atoms with van der Waals surface area (Å²) in [4.78, 5) is 53.2. The van der Waals surface area contributed by atoms with Gasteiger partial charge in [0.1, 0.15) is 11.6 Å². The maximum atomic E-state index is 14.1. The monoisotopic (exact) mass is 525 g/mol. The van der Waals surface area contributed by atoms with Gasteiger partial charge in [0.05, 0.1) is 12.0 Å². The van der Waals surface area contributed by atoms with Crippen LogP contribution in [0.4, 0.5) is 13.2 Å². The van der Waals surface area contributed by atoms with E-state index in [9.17, 15) is 37.6 Å². The second-order valence-corrected chi connectivity index (χ2v) is 11.5. The third kappa shape index (κ3) is 4.26. The van der Waals surface area contributed by atoms with Crippen molar-refractivity contribution in [3.63, 3.8) is 0 Å². The molecular weight excluding hydrogens is 491 g/mol. The van der Waals surface area contributed by atoms with E-state index in [1.807, 2.05) is 12.2 Å². The van der Waals surface area contributed by atoms with Crippen molar-refractivity contribution < 1.29 is 35.1 Å². The lowest BCUT2D eigenvalue weighted by molar-refractivity contribution is -0.176. The average molecular weight is 526 g/mol. The van der Waals surface area contributed by atoms with Crippen molar-refractivity contribution in [3.05, 3.63) is 12.2 Å². The number of alkyl halides is 3. The Labute approximate surface area is 215 Å². The fourth-order valence-corrected chi connectivity index (χ4v) is 6.81. The molecule has 0 spiro atoms. The lowest BCUT2D eigenvalue weighted by Gasteiger charge is -2.46. The number of primary amides is 1. The Morgan fingerprint density at radius 3 is 2.49 bits per heavy atom. The minimum atomic E-state index is -5.26. The van der Waals surface area contributed by atoms with Crippen molar-refractivity contribution in [1.82, 2.24) is 15.5 Å². The molecule has 12 heteroatoms. The van der Waals surface area contributed by atoms with Crippen LogP contribution in [0.2, 0.25) is 0 Å². The van der Waals surface area contributed by atoms with Gasteiger partial charge in [-0.25, -0.2) is 0 Å². The SMILES string of the molecule is [2H]C1([2H])C[C@H](C[C@H](C#N)C2(C(N)=O)C3C4C=CC(C4)C3CN2C(=O)[C@@H](NC(=O)C(F)(F)F)C(C)(C)C)C(=O)N1. The van der Waals surface area contributed by atoms with E-state index in [-0.39, 0.29) is 37.1 Å². The maximum absolute atomic E-state index is 14.1. The van der Waals surface area contributed by atoms with Crippen molar-refractivity contribution in [1.29, 1.82) is 5.26 Å². The number of nitrogens with zero attached hydrogens (tertiary/aromatic N) is 2. The fourth-order valence-electron chi connectivity index (χ4n) is 6.81. The predicted octanol–water partition coefficient (Wildman–Crippen LogP) is 1.25. The van der Waals surface area contributed by atoms with Gasteiger partial charge in [-0.2, -0.15) is 18.4 Å². The average Bonchev–Trinajstić information content (AvgIpc) is 3.53. The molecule has 4 rings (SSSR count). The highest BCUT2D eigenvalue weighted by Gasteiger charge is 2.70. The van der Waals surface area contributed by atoms with Crippen LogP contribution >= 0.6 is 0 Å². The molecule has 9 nitrogen and oxygen atoms in total. The molecule has 4 amide bonds. The van der Waals surface area contributed by atoms with Crippen molar-refractivity contribution in [3.8, 4) is 6.07 Å². The molecule has 0 aromatic heterocycles. The molecule has 2 bridgehead atoms. The van der Waals surface area contributed by atoms with Crippen LogP contribution in [0.25, 0.3) is 0 Å². The number of carbonyl (C=O) groups is 4. The number of nitrogens with two attached hydrogens (primary N) is 1. The van der Waals surface area contributed by atoms with E-state index in [0.29, 0.717) is 6.42 Å². The zero-order valence-corrected chi connectivity index (χ0v) is 20.8. The largest absolute Gasteiger partial charge is 0.471 e. The van der Waals surface area contributed by atoms with E-state index < -0.39 is 71.1 Å². The minimum absolute atomic E-state index is 0.0439. The maximum Gasteiger partial charge on any atom is 0.471 e. The normalized spacial score (nSPS) is 36.2. The fraction of sp³-hybridized carbons (Fsp3) is 0.720. The third-order valence-electron chi connectivity index (χ3n) is 8.42. The topological polar surface area (TPSA) is 145 Å². The first-order chi connectivity index (χ1) is 17.8. The highest BCUT2D eigenvalue weighted by Crippen LogP contribution is 2.60. The third-order valence-corrected chi connectivity index (χ3v) is 8.42. The molecule has 8 atom stereocenters. The van der Waals surface area contributed by atoms with Gasteiger partial charge in [-0.15, -0.1) is 0 Å². The van der Waals surface area contributed by atoms with Gasteiger partial charge in [-0.05, 0) is 42.4 Å². The zero-order chi connectivity index (χ0) is 29.3. The van der Waals surface area contributed by atoms with Gasteiger partial charge in [-0.1, -0.05) is 32.9 Å². The summed E-state index contributed by atoms with van der Waals surface area (Å²) in [5.74, 6) is -8.52. The number of rotatable bonds is 6. The van der Waals surface area contributed by atoms with Gasteiger partial charge in [0, 0.05) is 27.6 Å². The summed E-state index contributed by atoms with van der Waals surface area (Å²) >= 11 is 0. The van der Waals surface area contributed by atoms with Gasteiger partial charge < -0.3 is 21.3 Å². The molecule has 2 aliphatic heterocycles. The number of carbonyl (C=O) groups excluding carboxylic acids is 4. The van der Waals surface area contributed by atoms with Crippen LogP contribution in [-0.2, 0) is 19.2 Å². The van der Waals surface area contributed by atoms with Crippen molar-refractivity contribution in [2.24, 2.45) is 46.7 Å². The lowest BCUT2D eigenvalue weighted by Crippen LogP contribution is -2.68. The van der Waals surface area contributed by atoms with Crippen LogP contribution in [-0.4, -0.2) is 59.3 Å². The molecule has 5 unspecified atom stereocenters. The van der Waals surface area contributed by atoms with Crippen LogP contribution < -0.4 is 16.4 Å². The van der Waals surface area contributed by atoms with Gasteiger partial charge in [0.25, 0.3) is 0 Å². The zero-order valence-electron chi connectivity index (χ0n) is 22.8. The lowest BCUT2D eigenvalue weighted by atomic mass is 9.65. The standard InChI is InChI=1S/C25H32F3N5O4/c1-23(2,3)18(32-22(37)25(26,27)28)20(35)33-11-16-12-4-5-13(8-12)17(16)24(33,21(30)36)15(10-29)9-14-6-7-31-19(14)34/h4-5,12-18H,6-9,11H2,1-3H3,(H2,30,36)(H,31,34)(H,32,37)/t12?,13?,14-,15-,16?,17?,18-,24?/m1/s1/i7D2. The van der Waals surface area contributed by atoms with E-state index in [4.69, 9.17) is 8.48 Å². The summed E-state index contributed by atoms with van der Waals surface area (Å²) in [6.45, 7) is 2.30. The molecule has 2 heterocycles. The molecule has 0 aromatic rings. The summed E-state index contributed by atoms with van der Waals surface area (Å²) in [7, 11) is 0. The minimum Gasteiger partial charge on any atom is -0.368 e. The van der Waals surface area contributed by atoms with Crippen LogP contribution in [0.3, 0.4) is 0 Å². The van der Waals surface area contributed by atoms with Crippen LogP contribution in [0.15, 0.2) is 12.2 Å². The molecule has 0 radical (unpaired) electrons. The molecule has 2 saturated heterocycles. The molecule has 4 N–H and O–H groups in total. The Bertz CT molecular complexity index is 1160. The van der Waals surface area contributed by atoms with Crippen LogP contribution in [0.1, 0.15) is 42.8 Å². The Morgan fingerprint density at radius 1 is 1.32 bits per heavy atom. The quantitative estimate of drug-likeness (QED) is 0.447. The van der Waals surface area contributed by atoms with Gasteiger partial charge in [0.2, 0.25) is 17.7 Å². The summed E-state index contributed by atoms with van der Waals surface area (Å²) in [6, 6.07) is 0.342. The number of fused-ring (bicyclic) bond motifs is 5. The van der Waals surface area contributed by atoms with Gasteiger partial charge in [0.15, 0.2) is 0 Å². The van der Waals surface area contributed by atoms with E-state index >= 15 is 0 Å². The van der Waals surface area contributed by atoms with E-state index in [0.717, 1.165) is 4.90 Å². The number of likely N-dealkylation sites (tertiary alicyclic amines) is 1. The molecule has 0 aromatic carbocycles. The Balaban J connectivity index is 1.80. The molecular formula is C25H32F3N5O4. The van der Waals surface area contributed by atoms with E-state index in [1.165, 1.54) is 20.8 Å². The van der Waals surface area contributed by atoms with Crippen LogP contribution in [0, 0.1) is 52.3 Å². The molecule has 2 aliphatic carbocycles.